The predicted octanol–water partition coefficient (Wildman–Crippen LogP) is 0.653. The SMILES string of the molecule is CCC1(N)CN(C(=O)c2cccc(S(C)(=O)=O)c2)C1. The van der Waals surface area contributed by atoms with E-state index in [9.17, 15) is 13.2 Å². The number of sulfone groups is 1. The average Bonchev–Trinajstić information content (AvgIpc) is 2.33. The molecule has 0 aliphatic carbocycles. The molecule has 0 saturated carbocycles. The number of hydrogen-bond acceptors (Lipinski definition) is 4. The first-order chi connectivity index (χ1) is 8.75. The molecule has 5 nitrogen and oxygen atoms in total. The lowest BCUT2D eigenvalue weighted by molar-refractivity contribution is 0.0401. The van der Waals surface area contributed by atoms with E-state index < -0.39 is 9.84 Å². The summed E-state index contributed by atoms with van der Waals surface area (Å²) in [5, 5.41) is 0. The Labute approximate surface area is 113 Å². The normalized spacial score (nSPS) is 17.9. The lowest BCUT2D eigenvalue weighted by atomic mass is 9.88. The zero-order valence-corrected chi connectivity index (χ0v) is 11.9. The van der Waals surface area contributed by atoms with E-state index in [0.29, 0.717) is 18.7 Å². The zero-order chi connectivity index (χ0) is 14.3. The number of carbonyl (C=O) groups is 1. The molecule has 0 unspecified atom stereocenters. The number of nitrogens with two attached hydrogens (primary N) is 1. The first-order valence-corrected chi connectivity index (χ1v) is 8.03. The van der Waals surface area contributed by atoms with Crippen molar-refractivity contribution in [2.45, 2.75) is 23.8 Å². The van der Waals surface area contributed by atoms with E-state index in [-0.39, 0.29) is 16.3 Å². The highest BCUT2D eigenvalue weighted by Crippen LogP contribution is 2.24. The molecule has 0 aromatic heterocycles. The van der Waals surface area contributed by atoms with Gasteiger partial charge in [-0.3, -0.25) is 4.79 Å². The average molecular weight is 282 g/mol. The van der Waals surface area contributed by atoms with E-state index in [4.69, 9.17) is 5.73 Å². The van der Waals surface area contributed by atoms with Gasteiger partial charge in [0, 0.05) is 24.9 Å². The van der Waals surface area contributed by atoms with E-state index >= 15 is 0 Å². The van der Waals surface area contributed by atoms with Crippen LogP contribution in [0.1, 0.15) is 23.7 Å². The molecule has 0 bridgehead atoms. The van der Waals surface area contributed by atoms with Gasteiger partial charge in [0.05, 0.1) is 10.4 Å². The number of hydrogen-bond donors (Lipinski definition) is 1. The van der Waals surface area contributed by atoms with Crippen molar-refractivity contribution in [2.24, 2.45) is 5.73 Å². The summed E-state index contributed by atoms with van der Waals surface area (Å²) in [5.74, 6) is -0.167. The van der Waals surface area contributed by atoms with Crippen molar-refractivity contribution in [1.29, 1.82) is 0 Å². The van der Waals surface area contributed by atoms with Crippen LogP contribution in [-0.2, 0) is 9.84 Å². The highest BCUT2D eigenvalue weighted by Gasteiger charge is 2.40. The van der Waals surface area contributed by atoms with Crippen LogP contribution in [0.2, 0.25) is 0 Å². The smallest absolute Gasteiger partial charge is 0.254 e. The van der Waals surface area contributed by atoms with Crippen LogP contribution in [0, 0.1) is 0 Å². The van der Waals surface area contributed by atoms with E-state index in [2.05, 4.69) is 0 Å². The molecule has 2 N–H and O–H groups in total. The fraction of sp³-hybridized carbons (Fsp3) is 0.462. The second kappa shape index (κ2) is 4.61. The molecule has 0 spiro atoms. The minimum Gasteiger partial charge on any atom is -0.335 e. The minimum absolute atomic E-state index is 0.161. The summed E-state index contributed by atoms with van der Waals surface area (Å²) in [4.78, 5) is 14.0. The number of rotatable bonds is 3. The van der Waals surface area contributed by atoms with Gasteiger partial charge >= 0.3 is 0 Å². The van der Waals surface area contributed by atoms with Gasteiger partial charge in [0.1, 0.15) is 0 Å². The van der Waals surface area contributed by atoms with Crippen molar-refractivity contribution in [3.8, 4) is 0 Å². The first-order valence-electron chi connectivity index (χ1n) is 6.13. The molecule has 6 heteroatoms. The summed E-state index contributed by atoms with van der Waals surface area (Å²) < 4.78 is 22.9. The molecular formula is C13H18N2O3S. The fourth-order valence-corrected chi connectivity index (χ4v) is 2.79. The third-order valence-electron chi connectivity index (χ3n) is 3.51. The molecule has 2 rings (SSSR count). The Bertz CT molecular complexity index is 604. The van der Waals surface area contributed by atoms with Crippen LogP contribution in [0.4, 0.5) is 0 Å². The summed E-state index contributed by atoms with van der Waals surface area (Å²) >= 11 is 0. The molecule has 1 heterocycles. The molecule has 1 aromatic rings. The number of nitrogens with zero attached hydrogens (tertiary/aromatic N) is 1. The maximum Gasteiger partial charge on any atom is 0.254 e. The van der Waals surface area contributed by atoms with E-state index in [1.54, 1.807) is 17.0 Å². The molecular weight excluding hydrogens is 264 g/mol. The van der Waals surface area contributed by atoms with Crippen molar-refractivity contribution in [3.05, 3.63) is 29.8 Å². The van der Waals surface area contributed by atoms with Gasteiger partial charge in [0.15, 0.2) is 9.84 Å². The topological polar surface area (TPSA) is 80.5 Å². The monoisotopic (exact) mass is 282 g/mol. The second-order valence-electron chi connectivity index (χ2n) is 5.18. The number of benzene rings is 1. The maximum atomic E-state index is 12.2. The number of carbonyl (C=O) groups excluding carboxylic acids is 1. The Morgan fingerprint density at radius 3 is 2.58 bits per heavy atom. The third kappa shape index (κ3) is 2.79. The highest BCUT2D eigenvalue weighted by atomic mass is 32.2. The lowest BCUT2D eigenvalue weighted by Crippen LogP contribution is -2.68. The third-order valence-corrected chi connectivity index (χ3v) is 4.62. The number of amides is 1. The van der Waals surface area contributed by atoms with Crippen LogP contribution in [0.25, 0.3) is 0 Å². The maximum absolute atomic E-state index is 12.2. The number of likely N-dealkylation sites (tertiary alicyclic amines) is 1. The van der Waals surface area contributed by atoms with E-state index in [1.165, 1.54) is 12.1 Å². The first kappa shape index (κ1) is 14.0. The summed E-state index contributed by atoms with van der Waals surface area (Å²) in [7, 11) is -3.30. The van der Waals surface area contributed by atoms with Crippen LogP contribution >= 0.6 is 0 Å². The van der Waals surface area contributed by atoms with E-state index in [0.717, 1.165) is 12.7 Å². The molecule has 1 fully saturated rings. The highest BCUT2D eigenvalue weighted by molar-refractivity contribution is 7.90. The Balaban J connectivity index is 2.18. The largest absolute Gasteiger partial charge is 0.335 e. The molecule has 0 radical (unpaired) electrons. The fourth-order valence-electron chi connectivity index (χ4n) is 2.12. The van der Waals surface area contributed by atoms with Gasteiger partial charge in [0.2, 0.25) is 0 Å². The molecule has 104 valence electrons. The zero-order valence-electron chi connectivity index (χ0n) is 11.1. The molecule has 1 amide bonds. The summed E-state index contributed by atoms with van der Waals surface area (Å²) in [5.41, 5.74) is 6.12. The lowest BCUT2D eigenvalue weighted by Gasteiger charge is -2.47. The molecule has 19 heavy (non-hydrogen) atoms. The predicted molar refractivity (Wildman–Crippen MR) is 72.7 cm³/mol. The Kier molecular flexibility index (Phi) is 3.40. The Morgan fingerprint density at radius 1 is 1.42 bits per heavy atom. The standard InChI is InChI=1S/C13H18N2O3S/c1-3-13(14)8-15(9-13)12(16)10-5-4-6-11(7-10)19(2,17)18/h4-7H,3,8-9,14H2,1-2H3. The van der Waals surface area contributed by atoms with E-state index in [1.807, 2.05) is 6.92 Å². The minimum atomic E-state index is -3.30. The van der Waals surface area contributed by atoms with Gasteiger partial charge in [-0.05, 0) is 24.6 Å². The Hall–Kier alpha value is -1.40. The van der Waals surface area contributed by atoms with Crippen molar-refractivity contribution in [1.82, 2.24) is 4.90 Å². The quantitative estimate of drug-likeness (QED) is 0.883. The van der Waals surface area contributed by atoms with Crippen molar-refractivity contribution >= 4 is 15.7 Å². The van der Waals surface area contributed by atoms with Crippen LogP contribution in [0.5, 0.6) is 0 Å². The molecule has 1 aromatic carbocycles. The van der Waals surface area contributed by atoms with Gasteiger partial charge in [-0.1, -0.05) is 13.0 Å². The summed E-state index contributed by atoms with van der Waals surface area (Å²) in [6, 6.07) is 6.11. The van der Waals surface area contributed by atoms with Gasteiger partial charge in [-0.25, -0.2) is 8.42 Å². The van der Waals surface area contributed by atoms with Crippen LogP contribution in [0.3, 0.4) is 0 Å². The van der Waals surface area contributed by atoms with Crippen LogP contribution in [0.15, 0.2) is 29.2 Å². The summed E-state index contributed by atoms with van der Waals surface area (Å²) in [6.45, 7) is 3.03. The van der Waals surface area contributed by atoms with Crippen LogP contribution in [-0.4, -0.2) is 44.1 Å². The van der Waals surface area contributed by atoms with Crippen LogP contribution < -0.4 is 5.73 Å². The summed E-state index contributed by atoms with van der Waals surface area (Å²) in [6.07, 6.45) is 1.95. The van der Waals surface area contributed by atoms with Gasteiger partial charge in [0.25, 0.3) is 5.91 Å². The molecule has 0 atom stereocenters. The molecule has 1 aliphatic heterocycles. The van der Waals surface area contributed by atoms with Crippen molar-refractivity contribution in [2.75, 3.05) is 19.3 Å². The molecule has 1 saturated heterocycles. The van der Waals surface area contributed by atoms with Gasteiger partial charge in [-0.15, -0.1) is 0 Å². The van der Waals surface area contributed by atoms with Crippen molar-refractivity contribution < 1.29 is 13.2 Å². The van der Waals surface area contributed by atoms with Gasteiger partial charge < -0.3 is 10.6 Å². The Morgan fingerprint density at radius 2 is 2.05 bits per heavy atom. The van der Waals surface area contributed by atoms with Crippen molar-refractivity contribution in [3.63, 3.8) is 0 Å². The molecule has 1 aliphatic rings. The van der Waals surface area contributed by atoms with Gasteiger partial charge in [-0.2, -0.15) is 0 Å². The second-order valence-corrected chi connectivity index (χ2v) is 7.19.